The zero-order chi connectivity index (χ0) is 15.5. The number of aromatic nitrogens is 1. The van der Waals surface area contributed by atoms with E-state index in [1.807, 2.05) is 25.1 Å². The minimum absolute atomic E-state index is 0. The Bertz CT molecular complexity index is 454. The molecular weight excluding hydrogens is 395 g/mol. The van der Waals surface area contributed by atoms with Gasteiger partial charge in [0.2, 0.25) is 0 Å². The monoisotopic (exact) mass is 420 g/mol. The first-order valence-electron chi connectivity index (χ1n) is 7.17. The lowest BCUT2D eigenvalue weighted by Crippen LogP contribution is -2.39. The predicted octanol–water partition coefficient (Wildman–Crippen LogP) is 1.61. The number of aliphatic imine (C=N–C) groups is 1. The number of carbonyl (C=O) groups is 1. The number of carbonyl (C=O) groups excluding carboxylic acids is 1. The van der Waals surface area contributed by atoms with Gasteiger partial charge >= 0.3 is 5.97 Å². The largest absolute Gasteiger partial charge is 0.469 e. The topological polar surface area (TPSA) is 75.6 Å². The molecule has 1 unspecified atom stereocenters. The SMILES string of the molecule is CCNC(=NCC(C)C(=O)OC)NCCc1ccccn1.I. The van der Waals surface area contributed by atoms with E-state index in [1.54, 1.807) is 13.1 Å². The molecule has 1 heterocycles. The maximum atomic E-state index is 11.3. The molecule has 0 saturated carbocycles. The van der Waals surface area contributed by atoms with Crippen molar-refractivity contribution in [2.24, 2.45) is 10.9 Å². The molecule has 0 aliphatic carbocycles. The summed E-state index contributed by atoms with van der Waals surface area (Å²) in [6, 6.07) is 5.86. The van der Waals surface area contributed by atoms with Crippen LogP contribution in [0.25, 0.3) is 0 Å². The van der Waals surface area contributed by atoms with E-state index >= 15 is 0 Å². The van der Waals surface area contributed by atoms with Gasteiger partial charge in [-0.05, 0) is 19.1 Å². The first-order chi connectivity index (χ1) is 10.2. The molecule has 0 aliphatic heterocycles. The molecule has 0 amide bonds. The van der Waals surface area contributed by atoms with Crippen LogP contribution in [-0.4, -0.2) is 43.7 Å². The van der Waals surface area contributed by atoms with Crippen molar-refractivity contribution in [1.82, 2.24) is 15.6 Å². The molecule has 1 aromatic heterocycles. The van der Waals surface area contributed by atoms with E-state index in [-0.39, 0.29) is 35.9 Å². The van der Waals surface area contributed by atoms with Gasteiger partial charge in [0, 0.05) is 31.4 Å². The van der Waals surface area contributed by atoms with Crippen LogP contribution >= 0.6 is 24.0 Å². The van der Waals surface area contributed by atoms with Crippen molar-refractivity contribution in [2.45, 2.75) is 20.3 Å². The molecule has 0 saturated heterocycles. The van der Waals surface area contributed by atoms with Crippen LogP contribution in [0.1, 0.15) is 19.5 Å². The average molecular weight is 420 g/mol. The fourth-order valence-corrected chi connectivity index (χ4v) is 1.70. The van der Waals surface area contributed by atoms with E-state index in [0.29, 0.717) is 12.5 Å². The second kappa shape index (κ2) is 12.2. The second-order valence-electron chi connectivity index (χ2n) is 4.64. The Kier molecular flexibility index (Phi) is 11.4. The Balaban J connectivity index is 0.00000441. The van der Waals surface area contributed by atoms with Gasteiger partial charge in [0.15, 0.2) is 5.96 Å². The fraction of sp³-hybridized carbons (Fsp3) is 0.533. The summed E-state index contributed by atoms with van der Waals surface area (Å²) in [5.41, 5.74) is 1.03. The lowest BCUT2D eigenvalue weighted by atomic mass is 10.2. The van der Waals surface area contributed by atoms with Gasteiger partial charge in [-0.15, -0.1) is 24.0 Å². The predicted molar refractivity (Wildman–Crippen MR) is 98.5 cm³/mol. The van der Waals surface area contributed by atoms with E-state index < -0.39 is 0 Å². The Labute approximate surface area is 149 Å². The summed E-state index contributed by atoms with van der Waals surface area (Å²) in [5.74, 6) is 0.202. The third-order valence-corrected chi connectivity index (χ3v) is 2.87. The number of nitrogens with zero attached hydrogens (tertiary/aromatic N) is 2. The van der Waals surface area contributed by atoms with E-state index in [0.717, 1.165) is 25.2 Å². The van der Waals surface area contributed by atoms with Crippen LogP contribution in [0.15, 0.2) is 29.4 Å². The van der Waals surface area contributed by atoms with Gasteiger partial charge in [-0.1, -0.05) is 13.0 Å². The second-order valence-corrected chi connectivity index (χ2v) is 4.64. The van der Waals surface area contributed by atoms with Crippen LogP contribution < -0.4 is 10.6 Å². The van der Waals surface area contributed by atoms with E-state index in [1.165, 1.54) is 7.11 Å². The number of hydrogen-bond donors (Lipinski definition) is 2. The molecule has 6 nitrogen and oxygen atoms in total. The quantitative estimate of drug-likeness (QED) is 0.304. The van der Waals surface area contributed by atoms with Crippen LogP contribution in [0, 0.1) is 5.92 Å². The molecule has 0 aromatic carbocycles. The highest BCUT2D eigenvalue weighted by molar-refractivity contribution is 14.0. The van der Waals surface area contributed by atoms with Crippen molar-refractivity contribution in [2.75, 3.05) is 26.7 Å². The normalized spacial score (nSPS) is 12.0. The molecule has 124 valence electrons. The van der Waals surface area contributed by atoms with Crippen molar-refractivity contribution >= 4 is 35.9 Å². The summed E-state index contributed by atoms with van der Waals surface area (Å²) in [6.45, 7) is 5.69. The number of halogens is 1. The van der Waals surface area contributed by atoms with E-state index in [4.69, 9.17) is 0 Å². The minimum atomic E-state index is -0.249. The Hall–Kier alpha value is -1.38. The number of pyridine rings is 1. The van der Waals surface area contributed by atoms with Crippen molar-refractivity contribution in [3.05, 3.63) is 30.1 Å². The summed E-state index contributed by atoms with van der Waals surface area (Å²) in [5, 5.41) is 6.38. The molecule has 0 bridgehead atoms. The van der Waals surface area contributed by atoms with Gasteiger partial charge in [-0.3, -0.25) is 14.8 Å². The highest BCUT2D eigenvalue weighted by Crippen LogP contribution is 1.98. The molecular formula is C15H25IN4O2. The highest BCUT2D eigenvalue weighted by Gasteiger charge is 2.12. The number of methoxy groups -OCH3 is 1. The first kappa shape index (κ1) is 20.6. The molecule has 0 spiro atoms. The molecule has 22 heavy (non-hydrogen) atoms. The molecule has 1 aromatic rings. The van der Waals surface area contributed by atoms with Crippen molar-refractivity contribution < 1.29 is 9.53 Å². The van der Waals surface area contributed by atoms with Crippen molar-refractivity contribution in [3.63, 3.8) is 0 Å². The van der Waals surface area contributed by atoms with Crippen LogP contribution in [-0.2, 0) is 16.0 Å². The Morgan fingerprint density at radius 3 is 2.77 bits per heavy atom. The number of hydrogen-bond acceptors (Lipinski definition) is 4. The number of nitrogens with one attached hydrogen (secondary N) is 2. The van der Waals surface area contributed by atoms with Gasteiger partial charge in [-0.2, -0.15) is 0 Å². The Morgan fingerprint density at radius 1 is 1.41 bits per heavy atom. The summed E-state index contributed by atoms with van der Waals surface area (Å²) in [4.78, 5) is 20.0. The fourth-order valence-electron chi connectivity index (χ4n) is 1.70. The smallest absolute Gasteiger partial charge is 0.310 e. The number of guanidine groups is 1. The van der Waals surface area contributed by atoms with Crippen LogP contribution in [0.2, 0.25) is 0 Å². The lowest BCUT2D eigenvalue weighted by molar-refractivity contribution is -0.144. The highest BCUT2D eigenvalue weighted by atomic mass is 127. The molecule has 0 radical (unpaired) electrons. The van der Waals surface area contributed by atoms with Crippen molar-refractivity contribution in [3.8, 4) is 0 Å². The van der Waals surface area contributed by atoms with Gasteiger partial charge in [0.1, 0.15) is 0 Å². The van der Waals surface area contributed by atoms with Crippen LogP contribution in [0.3, 0.4) is 0 Å². The number of esters is 1. The summed E-state index contributed by atoms with van der Waals surface area (Å²) >= 11 is 0. The number of rotatable bonds is 7. The lowest BCUT2D eigenvalue weighted by Gasteiger charge is -2.12. The number of ether oxygens (including phenoxy) is 1. The van der Waals surface area contributed by atoms with Gasteiger partial charge in [0.05, 0.1) is 19.6 Å². The van der Waals surface area contributed by atoms with Crippen LogP contribution in [0.5, 0.6) is 0 Å². The molecule has 2 N–H and O–H groups in total. The Morgan fingerprint density at radius 2 is 2.18 bits per heavy atom. The van der Waals surface area contributed by atoms with E-state index in [2.05, 4.69) is 25.3 Å². The molecule has 1 atom stereocenters. The van der Waals surface area contributed by atoms with Crippen molar-refractivity contribution in [1.29, 1.82) is 0 Å². The first-order valence-corrected chi connectivity index (χ1v) is 7.17. The molecule has 0 fully saturated rings. The minimum Gasteiger partial charge on any atom is -0.469 e. The average Bonchev–Trinajstić information content (AvgIpc) is 2.52. The van der Waals surface area contributed by atoms with Crippen LogP contribution in [0.4, 0.5) is 0 Å². The molecule has 7 heteroatoms. The van der Waals surface area contributed by atoms with Gasteiger partial charge in [-0.25, -0.2) is 0 Å². The summed E-state index contributed by atoms with van der Waals surface area (Å²) in [6.07, 6.45) is 2.60. The molecule has 0 aliphatic rings. The maximum absolute atomic E-state index is 11.3. The van der Waals surface area contributed by atoms with E-state index in [9.17, 15) is 4.79 Å². The third kappa shape index (κ3) is 8.16. The summed E-state index contributed by atoms with van der Waals surface area (Å²) in [7, 11) is 1.39. The zero-order valence-electron chi connectivity index (χ0n) is 13.3. The zero-order valence-corrected chi connectivity index (χ0v) is 15.7. The third-order valence-electron chi connectivity index (χ3n) is 2.87. The standard InChI is InChI=1S/C15H24N4O2.HI/c1-4-16-15(19-11-12(2)14(20)21-3)18-10-8-13-7-5-6-9-17-13;/h5-7,9,12H,4,8,10-11H2,1-3H3,(H2,16,18,19);1H. The van der Waals surface area contributed by atoms with Gasteiger partial charge in [0.25, 0.3) is 0 Å². The van der Waals surface area contributed by atoms with Gasteiger partial charge < -0.3 is 15.4 Å². The molecule has 1 rings (SSSR count). The maximum Gasteiger partial charge on any atom is 0.310 e. The summed E-state index contributed by atoms with van der Waals surface area (Å²) < 4.78 is 4.69.